The standard InChI is InChI=1S/C15H14O3S/c16-14(17)15(18-13-9-5-2-6-10-13)19-11-12-7-3-1-4-8-12/h1-10,15H,11H2,(H,16,17). The molecule has 0 spiro atoms. The summed E-state index contributed by atoms with van der Waals surface area (Å²) in [5.74, 6) is 0.199. The Morgan fingerprint density at radius 3 is 2.21 bits per heavy atom. The highest BCUT2D eigenvalue weighted by Crippen LogP contribution is 2.22. The minimum atomic E-state index is -0.968. The zero-order chi connectivity index (χ0) is 13.5. The van der Waals surface area contributed by atoms with Crippen LogP contribution >= 0.6 is 11.8 Å². The number of hydrogen-bond acceptors (Lipinski definition) is 3. The van der Waals surface area contributed by atoms with E-state index in [0.717, 1.165) is 5.56 Å². The van der Waals surface area contributed by atoms with Crippen molar-refractivity contribution in [2.45, 2.75) is 11.2 Å². The van der Waals surface area contributed by atoms with Crippen molar-refractivity contribution in [3.63, 3.8) is 0 Å². The van der Waals surface area contributed by atoms with E-state index in [1.54, 1.807) is 12.1 Å². The second kappa shape index (κ2) is 6.85. The van der Waals surface area contributed by atoms with Gasteiger partial charge < -0.3 is 9.84 Å². The van der Waals surface area contributed by atoms with Crippen molar-refractivity contribution in [1.29, 1.82) is 0 Å². The summed E-state index contributed by atoms with van der Waals surface area (Å²) in [6.45, 7) is 0. The average Bonchev–Trinajstić information content (AvgIpc) is 2.45. The van der Waals surface area contributed by atoms with Gasteiger partial charge in [0.1, 0.15) is 5.75 Å². The molecule has 2 aromatic carbocycles. The van der Waals surface area contributed by atoms with E-state index < -0.39 is 11.4 Å². The van der Waals surface area contributed by atoms with Crippen molar-refractivity contribution in [2.75, 3.05) is 0 Å². The molecule has 0 aliphatic carbocycles. The molecule has 0 bridgehead atoms. The molecule has 1 N–H and O–H groups in total. The van der Waals surface area contributed by atoms with Gasteiger partial charge in [-0.15, -0.1) is 11.8 Å². The highest BCUT2D eigenvalue weighted by molar-refractivity contribution is 7.99. The monoisotopic (exact) mass is 274 g/mol. The van der Waals surface area contributed by atoms with Crippen molar-refractivity contribution in [2.24, 2.45) is 0 Å². The van der Waals surface area contributed by atoms with Crippen LogP contribution in [0.4, 0.5) is 0 Å². The van der Waals surface area contributed by atoms with Gasteiger partial charge in [-0.25, -0.2) is 4.79 Å². The van der Waals surface area contributed by atoms with Crippen LogP contribution in [0.1, 0.15) is 5.56 Å². The van der Waals surface area contributed by atoms with E-state index in [0.29, 0.717) is 11.5 Å². The lowest BCUT2D eigenvalue weighted by Gasteiger charge is -2.14. The minimum Gasteiger partial charge on any atom is -0.478 e. The molecule has 1 unspecified atom stereocenters. The zero-order valence-corrected chi connectivity index (χ0v) is 11.0. The van der Waals surface area contributed by atoms with Crippen LogP contribution in [0.2, 0.25) is 0 Å². The molecule has 2 aromatic rings. The largest absolute Gasteiger partial charge is 0.478 e. The topological polar surface area (TPSA) is 46.5 Å². The van der Waals surface area contributed by atoms with Gasteiger partial charge in [-0.2, -0.15) is 0 Å². The van der Waals surface area contributed by atoms with E-state index in [4.69, 9.17) is 9.84 Å². The first-order chi connectivity index (χ1) is 9.25. The highest BCUT2D eigenvalue weighted by Gasteiger charge is 2.19. The van der Waals surface area contributed by atoms with Crippen LogP contribution in [0.5, 0.6) is 5.75 Å². The smallest absolute Gasteiger partial charge is 0.355 e. The van der Waals surface area contributed by atoms with Crippen molar-refractivity contribution in [1.82, 2.24) is 0 Å². The molecule has 19 heavy (non-hydrogen) atoms. The molecule has 0 aliphatic rings. The van der Waals surface area contributed by atoms with Crippen molar-refractivity contribution >= 4 is 17.7 Å². The van der Waals surface area contributed by atoms with Crippen molar-refractivity contribution in [3.8, 4) is 5.75 Å². The lowest BCUT2D eigenvalue weighted by Crippen LogP contribution is -2.23. The fourth-order valence-electron chi connectivity index (χ4n) is 1.52. The molecular weight excluding hydrogens is 260 g/mol. The summed E-state index contributed by atoms with van der Waals surface area (Å²) in [6, 6.07) is 18.7. The third-order valence-electron chi connectivity index (χ3n) is 2.43. The molecule has 0 saturated carbocycles. The van der Waals surface area contributed by atoms with Crippen LogP contribution in [0.15, 0.2) is 60.7 Å². The Morgan fingerprint density at radius 1 is 1.05 bits per heavy atom. The second-order valence-electron chi connectivity index (χ2n) is 3.90. The number of carbonyl (C=O) groups is 1. The average molecular weight is 274 g/mol. The number of thioether (sulfide) groups is 1. The third kappa shape index (κ3) is 4.34. The number of aliphatic carboxylic acids is 1. The van der Waals surface area contributed by atoms with Crippen LogP contribution in [0, 0.1) is 0 Å². The molecule has 0 amide bonds. The SMILES string of the molecule is O=C(O)C(Oc1ccccc1)SCc1ccccc1. The van der Waals surface area contributed by atoms with Gasteiger partial charge in [0.25, 0.3) is 0 Å². The molecule has 0 heterocycles. The van der Waals surface area contributed by atoms with Crippen LogP contribution in [0.25, 0.3) is 0 Å². The minimum absolute atomic E-state index is 0.565. The Labute approximate surface area is 116 Å². The molecule has 0 fully saturated rings. The lowest BCUT2D eigenvalue weighted by atomic mass is 10.2. The number of rotatable bonds is 6. The van der Waals surface area contributed by atoms with Gasteiger partial charge in [0.2, 0.25) is 5.44 Å². The van der Waals surface area contributed by atoms with E-state index in [9.17, 15) is 4.79 Å². The van der Waals surface area contributed by atoms with Gasteiger partial charge in [0.05, 0.1) is 0 Å². The normalized spacial score (nSPS) is 11.8. The van der Waals surface area contributed by atoms with E-state index in [1.807, 2.05) is 48.5 Å². The van der Waals surface area contributed by atoms with Gasteiger partial charge in [0, 0.05) is 5.75 Å². The van der Waals surface area contributed by atoms with Gasteiger partial charge in [-0.1, -0.05) is 48.5 Å². The first-order valence-corrected chi connectivity index (χ1v) is 6.90. The number of carboxylic acids is 1. The van der Waals surface area contributed by atoms with E-state index in [1.165, 1.54) is 11.8 Å². The Morgan fingerprint density at radius 2 is 1.63 bits per heavy atom. The Hall–Kier alpha value is -1.94. The van der Waals surface area contributed by atoms with Gasteiger partial charge in [-0.3, -0.25) is 0 Å². The molecule has 98 valence electrons. The van der Waals surface area contributed by atoms with Crippen LogP contribution in [-0.4, -0.2) is 16.5 Å². The molecule has 0 radical (unpaired) electrons. The lowest BCUT2D eigenvalue weighted by molar-refractivity contribution is -0.140. The number of ether oxygens (including phenoxy) is 1. The van der Waals surface area contributed by atoms with E-state index >= 15 is 0 Å². The summed E-state index contributed by atoms with van der Waals surface area (Å²) in [7, 11) is 0. The molecule has 0 aromatic heterocycles. The van der Waals surface area contributed by atoms with Gasteiger partial charge in [0.15, 0.2) is 0 Å². The molecule has 0 saturated heterocycles. The number of carboxylic acid groups (broad SMARTS) is 1. The second-order valence-corrected chi connectivity index (χ2v) is 4.95. The van der Waals surface area contributed by atoms with Crippen LogP contribution in [-0.2, 0) is 10.5 Å². The Balaban J connectivity index is 1.95. The predicted molar refractivity (Wildman–Crippen MR) is 76.2 cm³/mol. The quantitative estimate of drug-likeness (QED) is 0.820. The maximum atomic E-state index is 11.2. The summed E-state index contributed by atoms with van der Waals surface area (Å²) in [6.07, 6.45) is 0. The fraction of sp³-hybridized carbons (Fsp3) is 0.133. The summed E-state index contributed by atoms with van der Waals surface area (Å²) in [5.41, 5.74) is 0.179. The van der Waals surface area contributed by atoms with Crippen LogP contribution < -0.4 is 4.74 Å². The number of hydrogen-bond donors (Lipinski definition) is 1. The molecule has 4 heteroatoms. The van der Waals surface area contributed by atoms with E-state index in [2.05, 4.69) is 0 Å². The number of para-hydroxylation sites is 1. The summed E-state index contributed by atoms with van der Waals surface area (Å²) in [5, 5.41) is 9.17. The van der Waals surface area contributed by atoms with Gasteiger partial charge in [-0.05, 0) is 17.7 Å². The molecule has 3 nitrogen and oxygen atoms in total. The molecule has 0 aliphatic heterocycles. The summed E-state index contributed by atoms with van der Waals surface area (Å²) < 4.78 is 5.46. The Kier molecular flexibility index (Phi) is 4.86. The molecule has 1 atom stereocenters. The van der Waals surface area contributed by atoms with Crippen LogP contribution in [0.3, 0.4) is 0 Å². The van der Waals surface area contributed by atoms with Gasteiger partial charge >= 0.3 is 5.97 Å². The first-order valence-electron chi connectivity index (χ1n) is 5.86. The highest BCUT2D eigenvalue weighted by atomic mass is 32.2. The number of benzene rings is 2. The fourth-order valence-corrected chi connectivity index (χ4v) is 2.38. The maximum absolute atomic E-state index is 11.2. The third-order valence-corrected chi connectivity index (χ3v) is 3.53. The molecular formula is C15H14O3S. The molecule has 2 rings (SSSR count). The predicted octanol–water partition coefficient (Wildman–Crippen LogP) is 3.41. The first kappa shape index (κ1) is 13.5. The maximum Gasteiger partial charge on any atom is 0.355 e. The summed E-state index contributed by atoms with van der Waals surface area (Å²) in [4.78, 5) is 11.2. The van der Waals surface area contributed by atoms with Crippen molar-refractivity contribution < 1.29 is 14.6 Å². The summed E-state index contributed by atoms with van der Waals surface area (Å²) >= 11 is 1.26. The van der Waals surface area contributed by atoms with E-state index in [-0.39, 0.29) is 0 Å². The van der Waals surface area contributed by atoms with Crippen molar-refractivity contribution in [3.05, 3.63) is 66.2 Å². The zero-order valence-electron chi connectivity index (χ0n) is 10.2. The Bertz CT molecular complexity index is 513.